The average Bonchev–Trinajstić information content (AvgIpc) is 2.45. The highest BCUT2D eigenvalue weighted by Gasteiger charge is 1.98. The summed E-state index contributed by atoms with van der Waals surface area (Å²) in [6, 6.07) is 9.79. The Balaban J connectivity index is 2.05. The molecule has 2 rings (SSSR count). The van der Waals surface area contributed by atoms with Gasteiger partial charge in [0.1, 0.15) is 22.0 Å². The largest absolute Gasteiger partial charge is 0.497 e. The number of hydrogen-bond acceptors (Lipinski definition) is 4. The van der Waals surface area contributed by atoms with E-state index in [0.29, 0.717) is 4.64 Å². The molecule has 1 aromatic heterocycles. The van der Waals surface area contributed by atoms with Gasteiger partial charge in [-0.2, -0.15) is 0 Å². The van der Waals surface area contributed by atoms with E-state index in [1.165, 1.54) is 5.56 Å². The van der Waals surface area contributed by atoms with E-state index in [0.717, 1.165) is 30.4 Å². The van der Waals surface area contributed by atoms with Crippen molar-refractivity contribution in [1.29, 1.82) is 0 Å². The number of ether oxygens (including phenoxy) is 1. The van der Waals surface area contributed by atoms with Crippen LogP contribution >= 0.6 is 12.2 Å². The molecule has 0 radical (unpaired) electrons. The minimum Gasteiger partial charge on any atom is -0.497 e. The van der Waals surface area contributed by atoms with Gasteiger partial charge in [-0.25, -0.2) is 4.98 Å². The highest BCUT2D eigenvalue weighted by Crippen LogP contribution is 2.13. The first-order chi connectivity index (χ1) is 9.21. The molecule has 0 saturated heterocycles. The number of anilines is 1. The van der Waals surface area contributed by atoms with Crippen LogP contribution in [0.2, 0.25) is 0 Å². The fourth-order valence-corrected chi connectivity index (χ4v) is 1.94. The summed E-state index contributed by atoms with van der Waals surface area (Å²) in [6.45, 7) is 2.77. The molecule has 0 aliphatic rings. The van der Waals surface area contributed by atoms with Gasteiger partial charge in [-0.05, 0) is 17.7 Å². The number of nitrogens with one attached hydrogen (secondary N) is 2. The van der Waals surface area contributed by atoms with Crippen LogP contribution in [0.25, 0.3) is 0 Å². The van der Waals surface area contributed by atoms with E-state index < -0.39 is 0 Å². The molecule has 4 nitrogen and oxygen atoms in total. The van der Waals surface area contributed by atoms with Crippen molar-refractivity contribution in [3.05, 3.63) is 46.4 Å². The quantitative estimate of drug-likeness (QED) is 0.822. The first-order valence-electron chi connectivity index (χ1n) is 6.18. The van der Waals surface area contributed by atoms with Crippen LogP contribution in [0, 0.1) is 4.64 Å². The van der Waals surface area contributed by atoms with E-state index in [-0.39, 0.29) is 0 Å². The normalized spacial score (nSPS) is 10.2. The monoisotopic (exact) mass is 275 g/mol. The van der Waals surface area contributed by atoms with Gasteiger partial charge in [0, 0.05) is 19.0 Å². The van der Waals surface area contributed by atoms with Crippen LogP contribution in [0.1, 0.15) is 18.3 Å². The molecule has 0 spiro atoms. The molecule has 0 unspecified atom stereocenters. The Kier molecular flexibility index (Phi) is 4.52. The summed E-state index contributed by atoms with van der Waals surface area (Å²) < 4.78 is 5.73. The van der Waals surface area contributed by atoms with Gasteiger partial charge in [0.2, 0.25) is 0 Å². The highest BCUT2D eigenvalue weighted by atomic mass is 32.1. The minimum absolute atomic E-state index is 0.604. The Labute approximate surface area is 117 Å². The summed E-state index contributed by atoms with van der Waals surface area (Å²) in [5.41, 5.74) is 1.18. The molecule has 0 saturated carbocycles. The summed E-state index contributed by atoms with van der Waals surface area (Å²) in [6.07, 6.45) is 0.835. The molecule has 0 bridgehead atoms. The van der Waals surface area contributed by atoms with Crippen molar-refractivity contribution in [2.45, 2.75) is 19.9 Å². The second-order valence-electron chi connectivity index (χ2n) is 4.13. The molecule has 0 aliphatic carbocycles. The lowest BCUT2D eigenvalue weighted by Gasteiger charge is -2.08. The molecule has 100 valence electrons. The lowest BCUT2D eigenvalue weighted by Crippen LogP contribution is -2.04. The Morgan fingerprint density at radius 3 is 2.68 bits per heavy atom. The smallest absolute Gasteiger partial charge is 0.131 e. The second kappa shape index (κ2) is 6.33. The van der Waals surface area contributed by atoms with E-state index >= 15 is 0 Å². The number of hydrogen-bond donors (Lipinski definition) is 2. The SMILES string of the molecule is CCc1nc(=S)cc(NCc2ccc(OC)cc2)[nH]1. The van der Waals surface area contributed by atoms with Crippen LogP contribution < -0.4 is 10.1 Å². The van der Waals surface area contributed by atoms with Crippen molar-refractivity contribution in [2.24, 2.45) is 0 Å². The van der Waals surface area contributed by atoms with Gasteiger partial charge in [0.05, 0.1) is 7.11 Å². The zero-order valence-electron chi connectivity index (χ0n) is 11.1. The standard InChI is InChI=1S/C14H17N3OS/c1-3-12-16-13(8-14(19)17-12)15-9-10-4-6-11(18-2)7-5-10/h4-8H,3,9H2,1-2H3,(H2,15,16,17,19). The first kappa shape index (κ1) is 13.5. The van der Waals surface area contributed by atoms with Crippen molar-refractivity contribution in [1.82, 2.24) is 9.97 Å². The highest BCUT2D eigenvalue weighted by molar-refractivity contribution is 7.71. The van der Waals surface area contributed by atoms with Crippen molar-refractivity contribution in [3.63, 3.8) is 0 Å². The summed E-state index contributed by atoms with van der Waals surface area (Å²) in [5, 5.41) is 3.31. The van der Waals surface area contributed by atoms with E-state index in [1.54, 1.807) is 7.11 Å². The summed E-state index contributed by atoms with van der Waals surface area (Å²) in [7, 11) is 1.66. The molecule has 19 heavy (non-hydrogen) atoms. The maximum atomic E-state index is 5.13. The van der Waals surface area contributed by atoms with Crippen molar-refractivity contribution in [2.75, 3.05) is 12.4 Å². The maximum Gasteiger partial charge on any atom is 0.131 e. The van der Waals surface area contributed by atoms with Crippen LogP contribution in [0.3, 0.4) is 0 Å². The van der Waals surface area contributed by atoms with Crippen molar-refractivity contribution < 1.29 is 4.74 Å². The van der Waals surface area contributed by atoms with Crippen molar-refractivity contribution in [3.8, 4) is 5.75 Å². The third kappa shape index (κ3) is 3.79. The third-order valence-corrected chi connectivity index (χ3v) is 2.98. The second-order valence-corrected chi connectivity index (χ2v) is 4.55. The fraction of sp³-hybridized carbons (Fsp3) is 0.286. The molecular weight excluding hydrogens is 258 g/mol. The van der Waals surface area contributed by atoms with E-state index in [4.69, 9.17) is 17.0 Å². The zero-order valence-corrected chi connectivity index (χ0v) is 11.9. The van der Waals surface area contributed by atoms with Gasteiger partial charge >= 0.3 is 0 Å². The van der Waals surface area contributed by atoms with E-state index in [2.05, 4.69) is 15.3 Å². The van der Waals surface area contributed by atoms with E-state index in [1.807, 2.05) is 37.3 Å². The fourth-order valence-electron chi connectivity index (χ4n) is 1.71. The first-order valence-corrected chi connectivity index (χ1v) is 6.59. The van der Waals surface area contributed by atoms with Gasteiger partial charge in [-0.3, -0.25) is 0 Å². The Morgan fingerprint density at radius 1 is 1.32 bits per heavy atom. The molecule has 0 amide bonds. The van der Waals surface area contributed by atoms with Crippen LogP contribution in [-0.2, 0) is 13.0 Å². The third-order valence-electron chi connectivity index (χ3n) is 2.77. The lowest BCUT2D eigenvalue weighted by atomic mass is 10.2. The Bertz CT molecular complexity index is 592. The molecular formula is C14H17N3OS. The number of benzene rings is 1. The lowest BCUT2D eigenvalue weighted by molar-refractivity contribution is 0.414. The van der Waals surface area contributed by atoms with Gasteiger partial charge in [0.25, 0.3) is 0 Å². The predicted molar refractivity (Wildman–Crippen MR) is 79.1 cm³/mol. The summed E-state index contributed by atoms with van der Waals surface area (Å²) >= 11 is 5.13. The molecule has 1 heterocycles. The van der Waals surface area contributed by atoms with Gasteiger partial charge in [0.15, 0.2) is 0 Å². The Hall–Kier alpha value is -1.88. The molecule has 5 heteroatoms. The van der Waals surface area contributed by atoms with Gasteiger partial charge in [-0.1, -0.05) is 31.3 Å². The van der Waals surface area contributed by atoms with Crippen molar-refractivity contribution >= 4 is 18.0 Å². The number of aryl methyl sites for hydroxylation is 1. The summed E-state index contributed by atoms with van der Waals surface area (Å²) in [5.74, 6) is 2.65. The van der Waals surface area contributed by atoms with Gasteiger partial charge < -0.3 is 15.0 Å². The van der Waals surface area contributed by atoms with Crippen LogP contribution in [0.5, 0.6) is 5.75 Å². The molecule has 0 aliphatic heterocycles. The summed E-state index contributed by atoms with van der Waals surface area (Å²) in [4.78, 5) is 7.45. The number of aromatic amines is 1. The zero-order chi connectivity index (χ0) is 13.7. The van der Waals surface area contributed by atoms with Crippen LogP contribution in [0.4, 0.5) is 5.82 Å². The average molecular weight is 275 g/mol. The number of H-pyrrole nitrogens is 1. The molecule has 2 aromatic rings. The molecule has 1 aromatic carbocycles. The topological polar surface area (TPSA) is 49.9 Å². The molecule has 0 atom stereocenters. The number of methoxy groups -OCH3 is 1. The molecule has 0 fully saturated rings. The minimum atomic E-state index is 0.604. The van der Waals surface area contributed by atoms with Gasteiger partial charge in [-0.15, -0.1) is 0 Å². The number of aromatic nitrogens is 2. The van der Waals surface area contributed by atoms with E-state index in [9.17, 15) is 0 Å². The maximum absolute atomic E-state index is 5.13. The molecule has 2 N–H and O–H groups in total. The van der Waals surface area contributed by atoms with Crippen LogP contribution in [0.15, 0.2) is 30.3 Å². The Morgan fingerprint density at radius 2 is 2.05 bits per heavy atom. The predicted octanol–water partition coefficient (Wildman–Crippen LogP) is 3.32. The number of nitrogens with zero attached hydrogens (tertiary/aromatic N) is 1. The van der Waals surface area contributed by atoms with Crippen LogP contribution in [-0.4, -0.2) is 17.1 Å². The number of rotatable bonds is 5.